The summed E-state index contributed by atoms with van der Waals surface area (Å²) in [7, 11) is 0. The zero-order valence-corrected chi connectivity index (χ0v) is 17.0. The number of carbonyl (C=O) groups is 2. The summed E-state index contributed by atoms with van der Waals surface area (Å²) in [6, 6.07) is 11.7. The molecule has 6 heteroatoms. The van der Waals surface area contributed by atoms with Crippen molar-refractivity contribution in [2.24, 2.45) is 0 Å². The number of hydrogen-bond donors (Lipinski definition) is 0. The number of nitrogens with zero attached hydrogens (tertiary/aromatic N) is 3. The second-order valence-corrected chi connectivity index (χ2v) is 9.09. The summed E-state index contributed by atoms with van der Waals surface area (Å²) in [5.74, 6) is 0.882. The van der Waals surface area contributed by atoms with Gasteiger partial charge in [0.15, 0.2) is 5.60 Å². The fourth-order valence-electron chi connectivity index (χ4n) is 5.46. The van der Waals surface area contributed by atoms with Gasteiger partial charge in [-0.1, -0.05) is 24.3 Å². The summed E-state index contributed by atoms with van der Waals surface area (Å²) in [5, 5.41) is 0. The number of pyridine rings is 1. The largest absolute Gasteiger partial charge is 0.449 e. The van der Waals surface area contributed by atoms with Crippen LogP contribution in [0.4, 0.5) is 5.82 Å². The van der Waals surface area contributed by atoms with Gasteiger partial charge in [0, 0.05) is 37.8 Å². The van der Waals surface area contributed by atoms with Gasteiger partial charge in [0.25, 0.3) is 0 Å². The number of esters is 1. The minimum atomic E-state index is -0.683. The molecular weight excluding hydrogens is 378 g/mol. The van der Waals surface area contributed by atoms with E-state index in [2.05, 4.69) is 22.0 Å². The van der Waals surface area contributed by atoms with Crippen LogP contribution in [0.15, 0.2) is 42.6 Å². The molecule has 1 saturated carbocycles. The lowest BCUT2D eigenvalue weighted by molar-refractivity contribution is -0.134. The van der Waals surface area contributed by atoms with E-state index in [9.17, 15) is 9.59 Å². The molecule has 0 radical (unpaired) electrons. The molecule has 4 heterocycles. The molecule has 0 bridgehead atoms. The standard InChI is InChI=1S/C24H25N3O3/c28-21-18-5-1-2-6-19(18)24(30-21)11-14-27(16-24)22(29)23(9-10-23)17-7-8-20(25-15-17)26-12-3-4-13-26/h1-2,5-8,15H,3-4,9-14,16H2. The third-order valence-corrected chi connectivity index (χ3v) is 7.33. The molecule has 6 nitrogen and oxygen atoms in total. The molecule has 1 aliphatic carbocycles. The van der Waals surface area contributed by atoms with Crippen LogP contribution in [0.2, 0.25) is 0 Å². The lowest BCUT2D eigenvalue weighted by Gasteiger charge is -2.27. The van der Waals surface area contributed by atoms with Gasteiger partial charge in [-0.25, -0.2) is 9.78 Å². The predicted octanol–water partition coefficient (Wildman–Crippen LogP) is 3.01. The van der Waals surface area contributed by atoms with E-state index in [1.165, 1.54) is 12.8 Å². The van der Waals surface area contributed by atoms with Crippen molar-refractivity contribution >= 4 is 17.7 Å². The Morgan fingerprint density at radius 3 is 2.53 bits per heavy atom. The van der Waals surface area contributed by atoms with Gasteiger partial charge >= 0.3 is 5.97 Å². The SMILES string of the molecule is O=C1OC2(CCN(C(=O)C3(c4ccc(N5CCCC5)nc4)CC3)C2)c2ccccc21. The normalized spacial score (nSPS) is 26.2. The molecule has 2 saturated heterocycles. The van der Waals surface area contributed by atoms with E-state index in [0.717, 1.165) is 42.9 Å². The Labute approximate surface area is 175 Å². The highest BCUT2D eigenvalue weighted by Gasteiger charge is 2.57. The number of benzene rings is 1. The van der Waals surface area contributed by atoms with E-state index in [0.29, 0.717) is 25.1 Å². The van der Waals surface area contributed by atoms with E-state index < -0.39 is 11.0 Å². The number of hydrogen-bond acceptors (Lipinski definition) is 5. The summed E-state index contributed by atoms with van der Waals surface area (Å²) in [5.41, 5.74) is 1.43. The van der Waals surface area contributed by atoms with Crippen molar-refractivity contribution in [3.63, 3.8) is 0 Å². The minimum absolute atomic E-state index is 0.149. The zero-order chi connectivity index (χ0) is 20.3. The van der Waals surface area contributed by atoms with Gasteiger partial charge < -0.3 is 14.5 Å². The molecule has 1 amide bonds. The van der Waals surface area contributed by atoms with Crippen molar-refractivity contribution in [3.05, 3.63) is 59.3 Å². The second-order valence-electron chi connectivity index (χ2n) is 9.09. The van der Waals surface area contributed by atoms with Crippen LogP contribution >= 0.6 is 0 Å². The molecule has 1 atom stereocenters. The number of ether oxygens (including phenoxy) is 1. The van der Waals surface area contributed by atoms with Crippen LogP contribution in [-0.2, 0) is 20.5 Å². The van der Waals surface area contributed by atoms with Gasteiger partial charge in [-0.2, -0.15) is 0 Å². The average molecular weight is 403 g/mol. The van der Waals surface area contributed by atoms with Crippen LogP contribution in [0.5, 0.6) is 0 Å². The van der Waals surface area contributed by atoms with Crippen molar-refractivity contribution in [2.45, 2.75) is 43.1 Å². The molecule has 30 heavy (non-hydrogen) atoms. The van der Waals surface area contributed by atoms with Gasteiger partial charge in [0.05, 0.1) is 17.5 Å². The van der Waals surface area contributed by atoms with Crippen molar-refractivity contribution in [1.29, 1.82) is 0 Å². The molecule has 1 unspecified atom stereocenters. The molecular formula is C24H25N3O3. The van der Waals surface area contributed by atoms with Gasteiger partial charge in [0.2, 0.25) is 5.91 Å². The van der Waals surface area contributed by atoms with Crippen LogP contribution in [-0.4, -0.2) is 47.9 Å². The Morgan fingerprint density at radius 1 is 1.00 bits per heavy atom. The maximum atomic E-state index is 13.6. The number of amides is 1. The molecule has 1 aromatic heterocycles. The third kappa shape index (κ3) is 2.52. The highest BCUT2D eigenvalue weighted by atomic mass is 16.6. The number of likely N-dealkylation sites (tertiary alicyclic amines) is 1. The van der Waals surface area contributed by atoms with E-state index >= 15 is 0 Å². The summed E-state index contributed by atoms with van der Waals surface area (Å²) in [6.07, 6.45) is 6.71. The van der Waals surface area contributed by atoms with E-state index in [1.54, 1.807) is 0 Å². The first kappa shape index (κ1) is 17.9. The lowest BCUT2D eigenvalue weighted by Crippen LogP contribution is -2.40. The van der Waals surface area contributed by atoms with Crippen LogP contribution in [0.3, 0.4) is 0 Å². The summed E-state index contributed by atoms with van der Waals surface area (Å²) in [6.45, 7) is 3.18. The average Bonchev–Trinajstić information content (AvgIpc) is 3.13. The highest BCUT2D eigenvalue weighted by Crippen LogP contribution is 2.52. The van der Waals surface area contributed by atoms with Crippen LogP contribution < -0.4 is 4.90 Å². The first-order valence-corrected chi connectivity index (χ1v) is 11.0. The van der Waals surface area contributed by atoms with Gasteiger partial charge in [-0.15, -0.1) is 0 Å². The molecule has 1 spiro atoms. The number of fused-ring (bicyclic) bond motifs is 2. The minimum Gasteiger partial charge on any atom is -0.449 e. The Morgan fingerprint density at radius 2 is 1.80 bits per heavy atom. The first-order chi connectivity index (χ1) is 14.6. The fraction of sp³-hybridized carbons (Fsp3) is 0.458. The fourth-order valence-corrected chi connectivity index (χ4v) is 5.46. The topological polar surface area (TPSA) is 62.7 Å². The smallest absolute Gasteiger partial charge is 0.339 e. The van der Waals surface area contributed by atoms with Crippen molar-refractivity contribution in [2.75, 3.05) is 31.1 Å². The van der Waals surface area contributed by atoms with Crippen molar-refractivity contribution in [3.8, 4) is 0 Å². The highest BCUT2D eigenvalue weighted by molar-refractivity contribution is 5.96. The number of rotatable bonds is 3. The molecule has 6 rings (SSSR count). The lowest BCUT2D eigenvalue weighted by atomic mass is 9.91. The molecule has 3 fully saturated rings. The maximum absolute atomic E-state index is 13.6. The first-order valence-electron chi connectivity index (χ1n) is 11.0. The van der Waals surface area contributed by atoms with Gasteiger partial charge in [0.1, 0.15) is 5.82 Å². The monoisotopic (exact) mass is 403 g/mol. The summed E-state index contributed by atoms with van der Waals surface area (Å²) < 4.78 is 5.82. The van der Waals surface area contributed by atoms with Gasteiger partial charge in [-0.3, -0.25) is 4.79 Å². The van der Waals surface area contributed by atoms with Crippen molar-refractivity contribution in [1.82, 2.24) is 9.88 Å². The van der Waals surface area contributed by atoms with E-state index in [-0.39, 0.29) is 11.9 Å². The molecule has 3 aliphatic heterocycles. The molecule has 0 N–H and O–H groups in total. The summed E-state index contributed by atoms with van der Waals surface area (Å²) in [4.78, 5) is 34.8. The molecule has 1 aromatic carbocycles. The Hall–Kier alpha value is -2.89. The van der Waals surface area contributed by atoms with Crippen LogP contribution in [0.1, 0.15) is 53.6 Å². The van der Waals surface area contributed by atoms with Crippen LogP contribution in [0, 0.1) is 0 Å². The number of aromatic nitrogens is 1. The number of anilines is 1. The Kier molecular flexibility index (Phi) is 3.77. The molecule has 154 valence electrons. The van der Waals surface area contributed by atoms with Gasteiger partial charge in [-0.05, 0) is 43.4 Å². The maximum Gasteiger partial charge on any atom is 0.339 e. The Balaban J connectivity index is 1.23. The summed E-state index contributed by atoms with van der Waals surface area (Å²) >= 11 is 0. The van der Waals surface area contributed by atoms with E-state index in [1.807, 2.05) is 35.4 Å². The predicted molar refractivity (Wildman–Crippen MR) is 111 cm³/mol. The second kappa shape index (κ2) is 6.30. The quantitative estimate of drug-likeness (QED) is 0.738. The zero-order valence-electron chi connectivity index (χ0n) is 17.0. The van der Waals surface area contributed by atoms with E-state index in [4.69, 9.17) is 4.74 Å². The number of carbonyl (C=O) groups excluding carboxylic acids is 2. The van der Waals surface area contributed by atoms with Crippen LogP contribution in [0.25, 0.3) is 0 Å². The molecule has 2 aromatic rings. The Bertz CT molecular complexity index is 1020. The molecule has 4 aliphatic rings. The van der Waals surface area contributed by atoms with Crippen molar-refractivity contribution < 1.29 is 14.3 Å². The third-order valence-electron chi connectivity index (χ3n) is 7.33.